The van der Waals surface area contributed by atoms with E-state index < -0.39 is 0 Å². The number of rotatable bonds is 2. The van der Waals surface area contributed by atoms with Gasteiger partial charge in [-0.3, -0.25) is 20.2 Å². The summed E-state index contributed by atoms with van der Waals surface area (Å²) in [5.74, 6) is 0. The molecule has 0 radical (unpaired) electrons. The van der Waals surface area contributed by atoms with Gasteiger partial charge in [0.05, 0.1) is 0 Å². The molecule has 0 saturated heterocycles. The number of hydrogen-bond donors (Lipinski definition) is 2. The van der Waals surface area contributed by atoms with E-state index >= 15 is 0 Å². The average molecular weight is 168 g/mol. The molecular formula is C6H8N4S. The Morgan fingerprint density at radius 2 is 2.27 bits per heavy atom. The molecule has 1 heterocycles. The Labute approximate surface area is 69.1 Å². The maximum absolute atomic E-state index is 4.90. The lowest BCUT2D eigenvalue weighted by Crippen LogP contribution is -1.79. The van der Waals surface area contributed by atoms with Crippen LogP contribution in [-0.4, -0.2) is 30.2 Å². The molecule has 5 heteroatoms. The third-order valence-corrected chi connectivity index (χ3v) is 1.49. The molecule has 0 amide bonds. The van der Waals surface area contributed by atoms with Crippen LogP contribution in [0.5, 0.6) is 0 Å². The Kier molecular flexibility index (Phi) is 2.32. The largest absolute Gasteiger partial charge is 0.296 e. The second-order valence-corrected chi connectivity index (χ2v) is 2.30. The minimum atomic E-state index is 0.551. The molecule has 4 nitrogen and oxygen atoms in total. The summed E-state index contributed by atoms with van der Waals surface area (Å²) in [7, 11) is 1.68. The number of aromatic nitrogens is 2. The van der Waals surface area contributed by atoms with Crippen molar-refractivity contribution in [3.63, 3.8) is 0 Å². The first-order valence-electron chi connectivity index (χ1n) is 2.99. The third kappa shape index (κ3) is 1.43. The number of H-pyrrole nitrogens is 2. The molecule has 0 fully saturated rings. The zero-order valence-corrected chi connectivity index (χ0v) is 6.90. The Morgan fingerprint density at radius 3 is 2.82 bits per heavy atom. The highest BCUT2D eigenvalue weighted by molar-refractivity contribution is 7.71. The second kappa shape index (κ2) is 3.25. The van der Waals surface area contributed by atoms with Crippen LogP contribution in [0.3, 0.4) is 0 Å². The van der Waals surface area contributed by atoms with Gasteiger partial charge in [-0.25, -0.2) is 0 Å². The Bertz CT molecular complexity index is 333. The monoisotopic (exact) mass is 168 g/mol. The fraction of sp³-hybridized carbons (Fsp3) is 0.167. The predicted molar refractivity (Wildman–Crippen MR) is 48.7 cm³/mol. The number of aliphatic imine (C=N–C) groups is 2. The maximum atomic E-state index is 4.90. The molecule has 0 aliphatic heterocycles. The first-order valence-corrected chi connectivity index (χ1v) is 3.40. The van der Waals surface area contributed by atoms with Crippen molar-refractivity contribution in [3.05, 3.63) is 10.3 Å². The minimum Gasteiger partial charge on any atom is -0.296 e. The fourth-order valence-electron chi connectivity index (χ4n) is 0.744. The van der Waals surface area contributed by atoms with Crippen molar-refractivity contribution in [3.8, 4) is 0 Å². The number of aromatic amines is 2. The molecule has 0 atom stereocenters. The van der Waals surface area contributed by atoms with E-state index in [9.17, 15) is 0 Å². The number of hydrogen-bond acceptors (Lipinski definition) is 3. The van der Waals surface area contributed by atoms with Gasteiger partial charge in [0.2, 0.25) is 0 Å². The third-order valence-electron chi connectivity index (χ3n) is 1.20. The van der Waals surface area contributed by atoms with Gasteiger partial charge < -0.3 is 0 Å². The van der Waals surface area contributed by atoms with Gasteiger partial charge in [0.15, 0.2) is 0 Å². The van der Waals surface area contributed by atoms with E-state index in [-0.39, 0.29) is 0 Å². The highest BCUT2D eigenvalue weighted by Crippen LogP contribution is 2.14. The van der Waals surface area contributed by atoms with Gasteiger partial charge in [0.1, 0.15) is 16.0 Å². The van der Waals surface area contributed by atoms with Crippen LogP contribution in [0.2, 0.25) is 0 Å². The molecule has 0 spiro atoms. The lowest BCUT2D eigenvalue weighted by Gasteiger charge is -1.85. The summed E-state index contributed by atoms with van der Waals surface area (Å²) in [6, 6.07) is 0. The van der Waals surface area contributed by atoms with Crippen LogP contribution in [0.15, 0.2) is 9.98 Å². The van der Waals surface area contributed by atoms with Crippen LogP contribution < -0.4 is 0 Å². The molecule has 0 aliphatic rings. The summed E-state index contributed by atoms with van der Waals surface area (Å²) in [5, 5.41) is 5.55. The Hall–Kier alpha value is -1.23. The van der Waals surface area contributed by atoms with Crippen LogP contribution in [0.1, 0.15) is 5.69 Å². The lowest BCUT2D eigenvalue weighted by atomic mass is 10.4. The molecule has 0 saturated carbocycles. The van der Waals surface area contributed by atoms with Gasteiger partial charge in [-0.2, -0.15) is 0 Å². The quantitative estimate of drug-likeness (QED) is 0.509. The van der Waals surface area contributed by atoms with Gasteiger partial charge in [-0.1, -0.05) is 12.2 Å². The van der Waals surface area contributed by atoms with Crippen molar-refractivity contribution in [1.29, 1.82) is 0 Å². The predicted octanol–water partition coefficient (Wildman–Crippen LogP) is 1.45. The highest BCUT2D eigenvalue weighted by Gasteiger charge is 2.00. The average Bonchev–Trinajstić information content (AvgIpc) is 2.33. The van der Waals surface area contributed by atoms with E-state index in [1.54, 1.807) is 13.3 Å². The smallest absolute Gasteiger partial charge is 0.145 e. The fourth-order valence-corrected chi connectivity index (χ4v) is 0.970. The van der Waals surface area contributed by atoms with Crippen molar-refractivity contribution in [1.82, 2.24) is 10.2 Å². The summed E-state index contributed by atoms with van der Waals surface area (Å²) in [6.07, 6.45) is 1.64. The van der Waals surface area contributed by atoms with Gasteiger partial charge in [0.25, 0.3) is 0 Å². The first kappa shape index (κ1) is 7.87. The van der Waals surface area contributed by atoms with Crippen LogP contribution in [0, 0.1) is 4.64 Å². The standard InChI is InChI=1S/C6H8N4S/c1-7-3-4-5(8-2)6(11)10-9-4/h3H,2H2,1H3,(H2,9,10,11). The van der Waals surface area contributed by atoms with E-state index in [1.807, 2.05) is 0 Å². The van der Waals surface area contributed by atoms with Gasteiger partial charge in [0, 0.05) is 13.3 Å². The molecule has 1 aromatic rings. The summed E-state index contributed by atoms with van der Waals surface area (Å²) >= 11 is 4.90. The highest BCUT2D eigenvalue weighted by atomic mass is 32.1. The van der Waals surface area contributed by atoms with Gasteiger partial charge in [-0.05, 0) is 6.72 Å². The summed E-state index contributed by atoms with van der Waals surface area (Å²) in [5.41, 5.74) is 1.40. The van der Waals surface area contributed by atoms with Crippen molar-refractivity contribution in [2.24, 2.45) is 9.98 Å². The molecular weight excluding hydrogens is 160 g/mol. The Morgan fingerprint density at radius 1 is 1.55 bits per heavy atom. The topological polar surface area (TPSA) is 56.3 Å². The van der Waals surface area contributed by atoms with Crippen molar-refractivity contribution >= 4 is 30.8 Å². The molecule has 11 heavy (non-hydrogen) atoms. The van der Waals surface area contributed by atoms with Crippen LogP contribution in [-0.2, 0) is 0 Å². The van der Waals surface area contributed by atoms with Crippen LogP contribution >= 0.6 is 12.2 Å². The van der Waals surface area contributed by atoms with E-state index in [0.29, 0.717) is 10.3 Å². The SMILES string of the molecule is C=Nc1c(C=NC)[nH][nH]c1=S. The molecule has 0 bridgehead atoms. The van der Waals surface area contributed by atoms with Gasteiger partial charge >= 0.3 is 0 Å². The van der Waals surface area contributed by atoms with E-state index in [1.165, 1.54) is 0 Å². The molecule has 1 aromatic heterocycles. The maximum Gasteiger partial charge on any atom is 0.145 e. The van der Waals surface area contributed by atoms with Crippen molar-refractivity contribution in [2.45, 2.75) is 0 Å². The molecule has 1 rings (SSSR count). The molecule has 0 aromatic carbocycles. The van der Waals surface area contributed by atoms with E-state index in [4.69, 9.17) is 12.2 Å². The van der Waals surface area contributed by atoms with Gasteiger partial charge in [-0.15, -0.1) is 0 Å². The van der Waals surface area contributed by atoms with Crippen LogP contribution in [0.25, 0.3) is 0 Å². The first-order chi connectivity index (χ1) is 5.29. The molecule has 0 unspecified atom stereocenters. The normalized spacial score (nSPS) is 10.6. The number of nitrogens with one attached hydrogen (secondary N) is 2. The van der Waals surface area contributed by atoms with Crippen LogP contribution in [0.4, 0.5) is 5.69 Å². The Balaban J connectivity index is 3.26. The second-order valence-electron chi connectivity index (χ2n) is 1.89. The molecule has 0 aliphatic carbocycles. The summed E-state index contributed by atoms with van der Waals surface area (Å²) in [6.45, 7) is 3.39. The van der Waals surface area contributed by atoms with E-state index in [2.05, 4.69) is 26.9 Å². The molecule has 58 valence electrons. The summed E-state index contributed by atoms with van der Waals surface area (Å²) in [4.78, 5) is 7.56. The zero-order chi connectivity index (χ0) is 8.27. The van der Waals surface area contributed by atoms with Crippen molar-refractivity contribution in [2.75, 3.05) is 7.05 Å². The zero-order valence-electron chi connectivity index (χ0n) is 6.09. The minimum absolute atomic E-state index is 0.551. The number of nitrogens with zero attached hydrogens (tertiary/aromatic N) is 2. The van der Waals surface area contributed by atoms with Crippen molar-refractivity contribution < 1.29 is 0 Å². The lowest BCUT2D eigenvalue weighted by molar-refractivity contribution is 1.07. The summed E-state index contributed by atoms with van der Waals surface area (Å²) < 4.78 is 0.551. The van der Waals surface area contributed by atoms with E-state index in [0.717, 1.165) is 5.69 Å². The molecule has 2 N–H and O–H groups in total.